The number of carbonyl (C=O) groups is 1. The van der Waals surface area contributed by atoms with Crippen molar-refractivity contribution in [2.45, 2.75) is 19.8 Å². The molecular weight excluding hydrogens is 254 g/mol. The van der Waals surface area contributed by atoms with Crippen molar-refractivity contribution in [3.05, 3.63) is 23.9 Å². The summed E-state index contributed by atoms with van der Waals surface area (Å²) in [5.41, 5.74) is 0.488. The number of rotatable bonds is 5. The van der Waals surface area contributed by atoms with Crippen molar-refractivity contribution in [3.8, 4) is 5.88 Å². The van der Waals surface area contributed by atoms with Gasteiger partial charge in [0.25, 0.3) is 5.91 Å². The van der Waals surface area contributed by atoms with Gasteiger partial charge in [0.2, 0.25) is 5.88 Å². The molecule has 0 aliphatic carbocycles. The highest BCUT2D eigenvalue weighted by Gasteiger charge is 2.16. The van der Waals surface area contributed by atoms with Gasteiger partial charge in [-0.3, -0.25) is 4.79 Å². The lowest BCUT2D eigenvalue weighted by Crippen LogP contribution is -2.40. The highest BCUT2D eigenvalue weighted by Crippen LogP contribution is 2.15. The summed E-state index contributed by atoms with van der Waals surface area (Å²) in [5.74, 6) is 1.01. The second-order valence-corrected chi connectivity index (χ2v) is 5.36. The van der Waals surface area contributed by atoms with Crippen LogP contribution in [0.2, 0.25) is 0 Å². The molecule has 0 unspecified atom stereocenters. The van der Waals surface area contributed by atoms with Gasteiger partial charge in [-0.2, -0.15) is 0 Å². The van der Waals surface area contributed by atoms with E-state index in [0.29, 0.717) is 18.0 Å². The lowest BCUT2D eigenvalue weighted by Gasteiger charge is -2.30. The molecular formula is C15H23N3O2. The van der Waals surface area contributed by atoms with E-state index in [1.54, 1.807) is 18.3 Å². The predicted molar refractivity (Wildman–Crippen MR) is 78.0 cm³/mol. The fraction of sp³-hybridized carbons (Fsp3) is 0.600. The van der Waals surface area contributed by atoms with E-state index >= 15 is 0 Å². The Morgan fingerprint density at radius 2 is 2.45 bits per heavy atom. The first-order valence-corrected chi connectivity index (χ1v) is 7.20. The van der Waals surface area contributed by atoms with Crippen molar-refractivity contribution < 1.29 is 9.53 Å². The summed E-state index contributed by atoms with van der Waals surface area (Å²) in [6.07, 6.45) is 4.19. The molecule has 1 amide bonds. The lowest BCUT2D eigenvalue weighted by molar-refractivity contribution is 0.0940. The molecule has 0 aromatic carbocycles. The number of piperidine rings is 1. The molecule has 5 heteroatoms. The van der Waals surface area contributed by atoms with Gasteiger partial charge in [0.05, 0.1) is 7.11 Å². The summed E-state index contributed by atoms with van der Waals surface area (Å²) in [4.78, 5) is 18.5. The number of hydrogen-bond acceptors (Lipinski definition) is 4. The van der Waals surface area contributed by atoms with Crippen molar-refractivity contribution in [2.24, 2.45) is 5.92 Å². The number of likely N-dealkylation sites (tertiary alicyclic amines) is 1. The maximum absolute atomic E-state index is 12.1. The molecule has 1 aromatic rings. The molecule has 0 bridgehead atoms. The van der Waals surface area contributed by atoms with E-state index in [1.165, 1.54) is 20.0 Å². The zero-order valence-electron chi connectivity index (χ0n) is 12.3. The minimum absolute atomic E-state index is 0.125. The molecule has 1 N–H and O–H groups in total. The van der Waals surface area contributed by atoms with Crippen LogP contribution in [0, 0.1) is 5.92 Å². The molecule has 5 nitrogen and oxygen atoms in total. The molecule has 1 saturated heterocycles. The van der Waals surface area contributed by atoms with E-state index in [1.807, 2.05) is 0 Å². The summed E-state index contributed by atoms with van der Waals surface area (Å²) in [6.45, 7) is 6.11. The van der Waals surface area contributed by atoms with Crippen LogP contribution in [0.1, 0.15) is 30.1 Å². The van der Waals surface area contributed by atoms with Gasteiger partial charge in [-0.15, -0.1) is 0 Å². The van der Waals surface area contributed by atoms with Gasteiger partial charge in [0.1, 0.15) is 5.56 Å². The van der Waals surface area contributed by atoms with Crippen molar-refractivity contribution in [2.75, 3.05) is 33.3 Å². The number of amides is 1. The minimum Gasteiger partial charge on any atom is -0.480 e. The number of hydrogen-bond donors (Lipinski definition) is 1. The van der Waals surface area contributed by atoms with Crippen molar-refractivity contribution in [3.63, 3.8) is 0 Å². The highest BCUT2D eigenvalue weighted by atomic mass is 16.5. The van der Waals surface area contributed by atoms with Gasteiger partial charge in [-0.25, -0.2) is 4.98 Å². The summed E-state index contributed by atoms with van der Waals surface area (Å²) in [7, 11) is 1.52. The molecule has 0 saturated carbocycles. The minimum atomic E-state index is -0.125. The van der Waals surface area contributed by atoms with E-state index in [4.69, 9.17) is 4.74 Å². The third-order valence-corrected chi connectivity index (χ3v) is 3.66. The van der Waals surface area contributed by atoms with Crippen LogP contribution in [0.15, 0.2) is 18.3 Å². The number of nitrogens with one attached hydrogen (secondary N) is 1. The summed E-state index contributed by atoms with van der Waals surface area (Å²) in [5, 5.41) is 2.94. The molecule has 1 aliphatic rings. The number of ether oxygens (including phenoxy) is 1. The van der Waals surface area contributed by atoms with Gasteiger partial charge in [0, 0.05) is 25.8 Å². The number of pyridine rings is 1. The smallest absolute Gasteiger partial charge is 0.256 e. The Bertz CT molecular complexity index is 450. The predicted octanol–water partition coefficient (Wildman–Crippen LogP) is 1.55. The molecule has 20 heavy (non-hydrogen) atoms. The maximum Gasteiger partial charge on any atom is 0.256 e. The largest absolute Gasteiger partial charge is 0.480 e. The molecule has 1 fully saturated rings. The van der Waals surface area contributed by atoms with E-state index in [0.717, 1.165) is 25.6 Å². The van der Waals surface area contributed by atoms with E-state index < -0.39 is 0 Å². The average molecular weight is 277 g/mol. The monoisotopic (exact) mass is 277 g/mol. The molecule has 1 aromatic heterocycles. The summed E-state index contributed by atoms with van der Waals surface area (Å²) < 4.78 is 5.09. The molecule has 0 spiro atoms. The lowest BCUT2D eigenvalue weighted by atomic mass is 10.0. The normalized spacial score (nSPS) is 19.6. The van der Waals surface area contributed by atoms with Gasteiger partial charge in [0.15, 0.2) is 0 Å². The highest BCUT2D eigenvalue weighted by molar-refractivity contribution is 5.96. The summed E-state index contributed by atoms with van der Waals surface area (Å²) in [6, 6.07) is 3.47. The first kappa shape index (κ1) is 14.8. The van der Waals surface area contributed by atoms with E-state index in [2.05, 4.69) is 22.1 Å². The molecule has 1 aliphatic heterocycles. The number of aromatic nitrogens is 1. The zero-order valence-corrected chi connectivity index (χ0v) is 12.3. The molecule has 2 rings (SSSR count). The molecule has 2 heterocycles. The van der Waals surface area contributed by atoms with Gasteiger partial charge >= 0.3 is 0 Å². The Hall–Kier alpha value is -1.62. The van der Waals surface area contributed by atoms with Crippen LogP contribution < -0.4 is 10.1 Å². The van der Waals surface area contributed by atoms with Crippen molar-refractivity contribution >= 4 is 5.91 Å². The van der Waals surface area contributed by atoms with Crippen LogP contribution in [0.3, 0.4) is 0 Å². The third kappa shape index (κ3) is 3.93. The third-order valence-electron chi connectivity index (χ3n) is 3.66. The van der Waals surface area contributed by atoms with Crippen molar-refractivity contribution in [1.29, 1.82) is 0 Å². The van der Waals surface area contributed by atoms with Gasteiger partial charge < -0.3 is 15.0 Å². The second kappa shape index (κ2) is 7.24. The van der Waals surface area contributed by atoms with E-state index in [9.17, 15) is 4.79 Å². The summed E-state index contributed by atoms with van der Waals surface area (Å²) >= 11 is 0. The quantitative estimate of drug-likeness (QED) is 0.887. The number of methoxy groups -OCH3 is 1. The van der Waals surface area contributed by atoms with Gasteiger partial charge in [-0.05, 0) is 37.4 Å². The van der Waals surface area contributed by atoms with Crippen LogP contribution in [0.4, 0.5) is 0 Å². The fourth-order valence-electron chi connectivity index (χ4n) is 2.64. The molecule has 110 valence electrons. The number of nitrogens with zero attached hydrogens (tertiary/aromatic N) is 2. The van der Waals surface area contributed by atoms with E-state index in [-0.39, 0.29) is 5.91 Å². The average Bonchev–Trinajstić information content (AvgIpc) is 2.47. The van der Waals surface area contributed by atoms with Crippen LogP contribution in [0.25, 0.3) is 0 Å². The topological polar surface area (TPSA) is 54.5 Å². The van der Waals surface area contributed by atoms with Crippen LogP contribution in [-0.2, 0) is 0 Å². The zero-order chi connectivity index (χ0) is 14.4. The molecule has 1 atom stereocenters. The van der Waals surface area contributed by atoms with Crippen LogP contribution >= 0.6 is 0 Å². The Morgan fingerprint density at radius 1 is 1.60 bits per heavy atom. The maximum atomic E-state index is 12.1. The van der Waals surface area contributed by atoms with Crippen molar-refractivity contribution in [1.82, 2.24) is 15.2 Å². The Balaban J connectivity index is 1.80. The van der Waals surface area contributed by atoms with Crippen LogP contribution in [0.5, 0.6) is 5.88 Å². The van der Waals surface area contributed by atoms with Gasteiger partial charge in [-0.1, -0.05) is 6.92 Å². The standard InChI is InChI=1S/C15H23N3O2/c1-12-5-4-9-18(11-12)10-8-16-14(19)13-6-3-7-17-15(13)20-2/h3,6-7,12H,4-5,8-11H2,1-2H3,(H,16,19)/t12-/m0/s1. The Morgan fingerprint density at radius 3 is 3.20 bits per heavy atom. The SMILES string of the molecule is COc1ncccc1C(=O)NCCN1CCC[C@H](C)C1. The Labute approximate surface area is 120 Å². The second-order valence-electron chi connectivity index (χ2n) is 5.36. The fourth-order valence-corrected chi connectivity index (χ4v) is 2.64. The first-order chi connectivity index (χ1) is 9.70. The first-order valence-electron chi connectivity index (χ1n) is 7.20. The molecule has 0 radical (unpaired) electrons. The number of carbonyl (C=O) groups excluding carboxylic acids is 1. The Kier molecular flexibility index (Phi) is 5.35. The van der Waals surface area contributed by atoms with Crippen LogP contribution in [-0.4, -0.2) is 49.1 Å².